The zero-order valence-electron chi connectivity index (χ0n) is 16.7. The van der Waals surface area contributed by atoms with Gasteiger partial charge in [-0.2, -0.15) is 0 Å². The first-order valence-corrected chi connectivity index (χ1v) is 10.1. The molecule has 1 fully saturated rings. The van der Waals surface area contributed by atoms with E-state index < -0.39 is 0 Å². The van der Waals surface area contributed by atoms with Crippen molar-refractivity contribution >= 4 is 16.7 Å². The Balaban J connectivity index is 1.36. The van der Waals surface area contributed by atoms with Gasteiger partial charge in [-0.25, -0.2) is 4.39 Å². The predicted octanol–water partition coefficient (Wildman–Crippen LogP) is 3.55. The average molecular weight is 408 g/mol. The number of amides is 1. The van der Waals surface area contributed by atoms with Gasteiger partial charge in [0.05, 0.1) is 19.3 Å². The van der Waals surface area contributed by atoms with Crippen molar-refractivity contribution in [2.75, 3.05) is 39.5 Å². The summed E-state index contributed by atoms with van der Waals surface area (Å²) < 4.78 is 24.5. The van der Waals surface area contributed by atoms with E-state index >= 15 is 0 Å². The second kappa shape index (κ2) is 9.69. The molecule has 3 aromatic rings. The summed E-state index contributed by atoms with van der Waals surface area (Å²) in [5.74, 6) is 0.197. The summed E-state index contributed by atoms with van der Waals surface area (Å²) in [7, 11) is 0. The van der Waals surface area contributed by atoms with Crippen molar-refractivity contribution in [1.82, 2.24) is 10.2 Å². The number of rotatable bonds is 7. The summed E-state index contributed by atoms with van der Waals surface area (Å²) in [6.45, 7) is 3.20. The number of fused-ring (bicyclic) bond motifs is 1. The Bertz CT molecular complexity index is 987. The van der Waals surface area contributed by atoms with Crippen molar-refractivity contribution in [3.05, 3.63) is 78.1 Å². The van der Waals surface area contributed by atoms with E-state index in [-0.39, 0.29) is 24.4 Å². The summed E-state index contributed by atoms with van der Waals surface area (Å²) in [5, 5.41) is 5.16. The average Bonchev–Trinajstić information content (AvgIpc) is 2.79. The molecule has 0 aliphatic carbocycles. The molecular formula is C24H25FN2O3. The molecule has 30 heavy (non-hydrogen) atoms. The van der Waals surface area contributed by atoms with Crippen LogP contribution in [0.4, 0.5) is 4.39 Å². The number of hydrogen-bond donors (Lipinski definition) is 1. The van der Waals surface area contributed by atoms with Crippen LogP contribution in [0.15, 0.2) is 66.7 Å². The molecule has 1 aliphatic heterocycles. The van der Waals surface area contributed by atoms with E-state index in [9.17, 15) is 9.18 Å². The lowest BCUT2D eigenvalue weighted by atomic mass is 10.0. The number of ether oxygens (including phenoxy) is 2. The number of halogens is 1. The highest BCUT2D eigenvalue weighted by molar-refractivity contribution is 5.84. The number of carbonyl (C=O) groups excluding carboxylic acids is 1. The van der Waals surface area contributed by atoms with E-state index in [1.54, 1.807) is 12.1 Å². The lowest BCUT2D eigenvalue weighted by Crippen LogP contribution is -2.44. The van der Waals surface area contributed by atoms with Gasteiger partial charge in [-0.05, 0) is 40.6 Å². The van der Waals surface area contributed by atoms with Crippen LogP contribution >= 0.6 is 0 Å². The van der Waals surface area contributed by atoms with Crippen molar-refractivity contribution in [3.8, 4) is 5.75 Å². The highest BCUT2D eigenvalue weighted by atomic mass is 19.1. The van der Waals surface area contributed by atoms with E-state index in [1.807, 2.05) is 42.5 Å². The second-order valence-electron chi connectivity index (χ2n) is 7.32. The number of nitrogens with one attached hydrogen (secondary N) is 1. The van der Waals surface area contributed by atoms with Gasteiger partial charge in [-0.15, -0.1) is 0 Å². The van der Waals surface area contributed by atoms with Crippen LogP contribution in [0.5, 0.6) is 5.75 Å². The first kappa shape index (κ1) is 20.3. The molecule has 1 aliphatic rings. The second-order valence-corrected chi connectivity index (χ2v) is 7.32. The topological polar surface area (TPSA) is 50.8 Å². The molecule has 4 rings (SSSR count). The van der Waals surface area contributed by atoms with Gasteiger partial charge in [0.15, 0.2) is 6.61 Å². The van der Waals surface area contributed by atoms with Crippen LogP contribution in [0.2, 0.25) is 0 Å². The zero-order valence-corrected chi connectivity index (χ0v) is 16.7. The van der Waals surface area contributed by atoms with Gasteiger partial charge in [0.1, 0.15) is 11.6 Å². The quantitative estimate of drug-likeness (QED) is 0.650. The molecule has 3 aromatic carbocycles. The third kappa shape index (κ3) is 5.14. The highest BCUT2D eigenvalue weighted by Gasteiger charge is 2.23. The van der Waals surface area contributed by atoms with Gasteiger partial charge in [-0.3, -0.25) is 9.69 Å². The van der Waals surface area contributed by atoms with E-state index in [0.29, 0.717) is 25.5 Å². The number of benzene rings is 3. The Morgan fingerprint density at radius 1 is 1.03 bits per heavy atom. The zero-order chi connectivity index (χ0) is 20.8. The number of hydrogen-bond acceptors (Lipinski definition) is 4. The molecule has 0 bridgehead atoms. The van der Waals surface area contributed by atoms with Gasteiger partial charge in [0, 0.05) is 19.6 Å². The molecule has 6 heteroatoms. The third-order valence-corrected chi connectivity index (χ3v) is 5.32. The molecule has 0 radical (unpaired) electrons. The van der Waals surface area contributed by atoms with Crippen molar-refractivity contribution in [3.63, 3.8) is 0 Å². The van der Waals surface area contributed by atoms with Gasteiger partial charge < -0.3 is 14.8 Å². The Morgan fingerprint density at radius 3 is 2.53 bits per heavy atom. The maximum atomic E-state index is 13.3. The minimum atomic E-state index is -0.271. The Morgan fingerprint density at radius 2 is 1.77 bits per heavy atom. The summed E-state index contributed by atoms with van der Waals surface area (Å²) in [6.07, 6.45) is 0. The Labute approximate surface area is 175 Å². The van der Waals surface area contributed by atoms with Gasteiger partial charge >= 0.3 is 0 Å². The summed E-state index contributed by atoms with van der Waals surface area (Å²) in [6, 6.07) is 20.2. The van der Waals surface area contributed by atoms with Crippen molar-refractivity contribution < 1.29 is 18.7 Å². The monoisotopic (exact) mass is 408 g/mol. The molecule has 156 valence electrons. The SMILES string of the molecule is O=C(COc1ccc2ccccc2c1)NCC(c1ccc(F)cc1)N1CCOCC1. The minimum absolute atomic E-state index is 0.0425. The molecule has 1 heterocycles. The van der Waals surface area contributed by atoms with Gasteiger partial charge in [0.25, 0.3) is 5.91 Å². The minimum Gasteiger partial charge on any atom is -0.484 e. The molecule has 5 nitrogen and oxygen atoms in total. The molecule has 0 aromatic heterocycles. The normalized spacial score (nSPS) is 15.6. The highest BCUT2D eigenvalue weighted by Crippen LogP contribution is 2.22. The summed E-state index contributed by atoms with van der Waals surface area (Å²) in [4.78, 5) is 14.7. The van der Waals surface area contributed by atoms with E-state index in [1.165, 1.54) is 12.1 Å². The van der Waals surface area contributed by atoms with Crippen LogP contribution in [0, 0.1) is 5.82 Å². The van der Waals surface area contributed by atoms with E-state index in [0.717, 1.165) is 29.4 Å². The van der Waals surface area contributed by atoms with Crippen LogP contribution in [-0.4, -0.2) is 50.3 Å². The van der Waals surface area contributed by atoms with Gasteiger partial charge in [-0.1, -0.05) is 42.5 Å². The number of carbonyl (C=O) groups is 1. The van der Waals surface area contributed by atoms with Crippen molar-refractivity contribution in [2.45, 2.75) is 6.04 Å². The summed E-state index contributed by atoms with van der Waals surface area (Å²) in [5.41, 5.74) is 0.967. The molecule has 1 unspecified atom stereocenters. The van der Waals surface area contributed by atoms with E-state index in [2.05, 4.69) is 10.2 Å². The molecular weight excluding hydrogens is 383 g/mol. The summed E-state index contributed by atoms with van der Waals surface area (Å²) >= 11 is 0. The molecule has 1 N–H and O–H groups in total. The molecule has 1 amide bonds. The van der Waals surface area contributed by atoms with Crippen LogP contribution in [-0.2, 0) is 9.53 Å². The molecule has 0 saturated carbocycles. The Hall–Kier alpha value is -2.96. The van der Waals surface area contributed by atoms with Crippen LogP contribution in [0.3, 0.4) is 0 Å². The fourth-order valence-electron chi connectivity index (χ4n) is 3.70. The predicted molar refractivity (Wildman–Crippen MR) is 114 cm³/mol. The van der Waals surface area contributed by atoms with Crippen molar-refractivity contribution in [1.29, 1.82) is 0 Å². The molecule has 0 spiro atoms. The number of morpholine rings is 1. The van der Waals surface area contributed by atoms with Crippen molar-refractivity contribution in [2.24, 2.45) is 0 Å². The molecule has 1 saturated heterocycles. The lowest BCUT2D eigenvalue weighted by molar-refractivity contribution is -0.123. The first-order valence-electron chi connectivity index (χ1n) is 10.1. The maximum Gasteiger partial charge on any atom is 0.258 e. The third-order valence-electron chi connectivity index (χ3n) is 5.32. The van der Waals surface area contributed by atoms with Crippen LogP contribution in [0.25, 0.3) is 10.8 Å². The fraction of sp³-hybridized carbons (Fsp3) is 0.292. The maximum absolute atomic E-state index is 13.3. The smallest absolute Gasteiger partial charge is 0.258 e. The first-order chi connectivity index (χ1) is 14.7. The lowest BCUT2D eigenvalue weighted by Gasteiger charge is -2.35. The van der Waals surface area contributed by atoms with Crippen LogP contribution in [0.1, 0.15) is 11.6 Å². The van der Waals surface area contributed by atoms with Crippen LogP contribution < -0.4 is 10.1 Å². The largest absolute Gasteiger partial charge is 0.484 e. The van der Waals surface area contributed by atoms with Gasteiger partial charge in [0.2, 0.25) is 0 Å². The number of nitrogens with zero attached hydrogens (tertiary/aromatic N) is 1. The Kier molecular flexibility index (Phi) is 6.57. The standard InChI is InChI=1S/C24H25FN2O3/c25-21-8-5-19(6-9-21)23(27-11-13-29-14-12-27)16-26-24(28)17-30-22-10-7-18-3-1-2-4-20(18)15-22/h1-10,15,23H,11-14,16-17H2,(H,26,28). The molecule has 1 atom stereocenters. The fourth-order valence-corrected chi connectivity index (χ4v) is 3.70. The van der Waals surface area contributed by atoms with E-state index in [4.69, 9.17) is 9.47 Å².